The summed E-state index contributed by atoms with van der Waals surface area (Å²) in [6, 6.07) is 11.7. The number of nitrogens with zero attached hydrogens (tertiary/aromatic N) is 6. The van der Waals surface area contributed by atoms with Crippen molar-refractivity contribution >= 4 is 38.9 Å². The standard InChI is InChI=1S/C24H25ClN6OS/c1-29(13-8-17-6-11-26-12-7-17)22(32)19-9-14-30(15-10-19)24-28-31-16-21(27-23(31)33-24)18-2-4-20(25)5-3-18/h2-7,11-12,16,19H,8-10,13-15H2,1H3. The highest BCUT2D eigenvalue weighted by Gasteiger charge is 2.28. The maximum atomic E-state index is 12.9. The molecular formula is C24H25ClN6OS. The van der Waals surface area contributed by atoms with Crippen LogP contribution < -0.4 is 4.90 Å². The number of rotatable bonds is 6. The van der Waals surface area contributed by atoms with Crippen molar-refractivity contribution in [3.8, 4) is 11.3 Å². The Morgan fingerprint density at radius 2 is 1.88 bits per heavy atom. The molecule has 1 aromatic carbocycles. The summed E-state index contributed by atoms with van der Waals surface area (Å²) < 4.78 is 1.84. The molecule has 1 amide bonds. The van der Waals surface area contributed by atoms with E-state index in [4.69, 9.17) is 21.7 Å². The molecule has 0 radical (unpaired) electrons. The molecule has 0 bridgehead atoms. The quantitative estimate of drug-likeness (QED) is 0.408. The molecule has 9 heteroatoms. The first-order chi connectivity index (χ1) is 16.1. The topological polar surface area (TPSA) is 66.6 Å². The minimum absolute atomic E-state index is 0.0734. The molecule has 4 heterocycles. The number of benzene rings is 1. The van der Waals surface area contributed by atoms with Crippen molar-refractivity contribution in [3.05, 3.63) is 65.6 Å². The number of carbonyl (C=O) groups is 1. The zero-order valence-electron chi connectivity index (χ0n) is 18.4. The first kappa shape index (κ1) is 21.9. The number of hydrogen-bond donors (Lipinski definition) is 0. The average Bonchev–Trinajstić information content (AvgIpc) is 3.43. The predicted octanol–water partition coefficient (Wildman–Crippen LogP) is 4.42. The molecule has 0 aliphatic carbocycles. The zero-order valence-corrected chi connectivity index (χ0v) is 20.0. The summed E-state index contributed by atoms with van der Waals surface area (Å²) in [5.74, 6) is 0.314. The number of carbonyl (C=O) groups excluding carboxylic acids is 1. The Kier molecular flexibility index (Phi) is 6.28. The van der Waals surface area contributed by atoms with Crippen LogP contribution in [0.5, 0.6) is 0 Å². The summed E-state index contributed by atoms with van der Waals surface area (Å²) in [6.07, 6.45) is 8.07. The number of anilines is 1. The third kappa shape index (κ3) is 4.86. The van der Waals surface area contributed by atoms with Crippen LogP contribution in [-0.2, 0) is 11.2 Å². The van der Waals surface area contributed by atoms with Crippen LogP contribution >= 0.6 is 22.9 Å². The van der Waals surface area contributed by atoms with Crippen LogP contribution in [-0.4, -0.2) is 57.1 Å². The van der Waals surface area contributed by atoms with E-state index >= 15 is 0 Å². The Balaban J connectivity index is 1.17. The number of pyridine rings is 1. The molecule has 170 valence electrons. The van der Waals surface area contributed by atoms with E-state index in [-0.39, 0.29) is 11.8 Å². The molecule has 3 aromatic heterocycles. The van der Waals surface area contributed by atoms with Gasteiger partial charge in [-0.25, -0.2) is 9.50 Å². The highest BCUT2D eigenvalue weighted by atomic mass is 35.5. The summed E-state index contributed by atoms with van der Waals surface area (Å²) in [7, 11) is 1.91. The largest absolute Gasteiger partial charge is 0.347 e. The molecule has 4 aromatic rings. The smallest absolute Gasteiger partial charge is 0.225 e. The van der Waals surface area contributed by atoms with Gasteiger partial charge in [-0.15, -0.1) is 5.10 Å². The molecule has 1 aliphatic heterocycles. The third-order valence-electron chi connectivity index (χ3n) is 6.15. The maximum absolute atomic E-state index is 12.9. The van der Waals surface area contributed by atoms with E-state index in [1.807, 2.05) is 59.1 Å². The molecule has 1 fully saturated rings. The molecule has 0 saturated carbocycles. The number of hydrogen-bond acceptors (Lipinski definition) is 6. The monoisotopic (exact) mass is 480 g/mol. The highest BCUT2D eigenvalue weighted by Crippen LogP contribution is 2.30. The van der Waals surface area contributed by atoms with Crippen LogP contribution in [0.2, 0.25) is 5.02 Å². The number of halogens is 1. The maximum Gasteiger partial charge on any atom is 0.225 e. The minimum Gasteiger partial charge on any atom is -0.347 e. The van der Waals surface area contributed by atoms with Gasteiger partial charge in [0.25, 0.3) is 0 Å². The second-order valence-electron chi connectivity index (χ2n) is 8.37. The van der Waals surface area contributed by atoms with Gasteiger partial charge in [-0.05, 0) is 49.1 Å². The third-order valence-corrected chi connectivity index (χ3v) is 7.38. The molecule has 7 nitrogen and oxygen atoms in total. The lowest BCUT2D eigenvalue weighted by molar-refractivity contribution is -0.134. The summed E-state index contributed by atoms with van der Waals surface area (Å²) in [6.45, 7) is 2.38. The first-order valence-electron chi connectivity index (χ1n) is 11.1. The first-order valence-corrected chi connectivity index (χ1v) is 12.3. The summed E-state index contributed by atoms with van der Waals surface area (Å²) >= 11 is 7.57. The van der Waals surface area contributed by atoms with E-state index in [9.17, 15) is 4.79 Å². The summed E-state index contributed by atoms with van der Waals surface area (Å²) in [4.78, 5) is 26.7. The van der Waals surface area contributed by atoms with Crippen molar-refractivity contribution in [3.63, 3.8) is 0 Å². The normalized spacial score (nSPS) is 14.7. The van der Waals surface area contributed by atoms with Crippen molar-refractivity contribution in [2.24, 2.45) is 5.92 Å². The van der Waals surface area contributed by atoms with Crippen molar-refractivity contribution in [1.29, 1.82) is 0 Å². The van der Waals surface area contributed by atoms with Gasteiger partial charge < -0.3 is 9.80 Å². The second kappa shape index (κ2) is 9.49. The molecule has 33 heavy (non-hydrogen) atoms. The van der Waals surface area contributed by atoms with E-state index in [1.54, 1.807) is 23.7 Å². The number of aromatic nitrogens is 4. The lowest BCUT2D eigenvalue weighted by Crippen LogP contribution is -2.41. The van der Waals surface area contributed by atoms with Gasteiger partial charge in [0.2, 0.25) is 16.0 Å². The molecule has 1 saturated heterocycles. The second-order valence-corrected chi connectivity index (χ2v) is 9.74. The number of likely N-dealkylation sites (N-methyl/N-ethyl adjacent to an activating group) is 1. The van der Waals surface area contributed by atoms with Crippen molar-refractivity contribution in [2.75, 3.05) is 31.6 Å². The van der Waals surface area contributed by atoms with Crippen LogP contribution in [0.15, 0.2) is 55.0 Å². The van der Waals surface area contributed by atoms with Gasteiger partial charge in [-0.3, -0.25) is 9.78 Å². The lowest BCUT2D eigenvalue weighted by atomic mass is 9.95. The van der Waals surface area contributed by atoms with E-state index in [1.165, 1.54) is 5.56 Å². The van der Waals surface area contributed by atoms with Crippen molar-refractivity contribution in [2.45, 2.75) is 19.3 Å². The summed E-state index contributed by atoms with van der Waals surface area (Å²) in [5, 5.41) is 6.41. The van der Waals surface area contributed by atoms with Gasteiger partial charge in [0.1, 0.15) is 0 Å². The Bertz CT molecular complexity index is 1200. The van der Waals surface area contributed by atoms with Crippen LogP contribution in [0.1, 0.15) is 18.4 Å². The van der Waals surface area contributed by atoms with Crippen molar-refractivity contribution in [1.82, 2.24) is 24.5 Å². The molecule has 0 N–H and O–H groups in total. The van der Waals surface area contributed by atoms with Gasteiger partial charge >= 0.3 is 0 Å². The number of imidazole rings is 1. The van der Waals surface area contributed by atoms with Crippen LogP contribution in [0.3, 0.4) is 0 Å². The van der Waals surface area contributed by atoms with Gasteiger partial charge in [0.15, 0.2) is 0 Å². The van der Waals surface area contributed by atoms with Crippen LogP contribution in [0.25, 0.3) is 16.2 Å². The number of fused-ring (bicyclic) bond motifs is 1. The molecule has 0 unspecified atom stereocenters. The molecule has 0 spiro atoms. The van der Waals surface area contributed by atoms with E-state index in [0.717, 1.165) is 60.2 Å². The molecule has 5 rings (SSSR count). The van der Waals surface area contributed by atoms with E-state index in [0.29, 0.717) is 5.02 Å². The summed E-state index contributed by atoms with van der Waals surface area (Å²) in [5.41, 5.74) is 3.11. The average molecular weight is 481 g/mol. The lowest BCUT2D eigenvalue weighted by Gasteiger charge is -2.32. The minimum atomic E-state index is 0.0734. The molecular weight excluding hydrogens is 456 g/mol. The van der Waals surface area contributed by atoms with Gasteiger partial charge in [0.05, 0.1) is 11.9 Å². The molecule has 0 atom stereocenters. The van der Waals surface area contributed by atoms with Crippen LogP contribution in [0.4, 0.5) is 5.13 Å². The Morgan fingerprint density at radius 3 is 2.58 bits per heavy atom. The highest BCUT2D eigenvalue weighted by molar-refractivity contribution is 7.20. The van der Waals surface area contributed by atoms with E-state index in [2.05, 4.69) is 9.88 Å². The fourth-order valence-electron chi connectivity index (χ4n) is 4.16. The number of amides is 1. The van der Waals surface area contributed by atoms with Gasteiger partial charge in [-0.2, -0.15) is 0 Å². The van der Waals surface area contributed by atoms with E-state index < -0.39 is 0 Å². The molecule has 1 aliphatic rings. The van der Waals surface area contributed by atoms with Crippen LogP contribution in [0, 0.1) is 5.92 Å². The fraction of sp³-hybridized carbons (Fsp3) is 0.333. The van der Waals surface area contributed by atoms with Crippen molar-refractivity contribution < 1.29 is 4.79 Å². The Hall–Kier alpha value is -2.97. The van der Waals surface area contributed by atoms with Gasteiger partial charge in [0, 0.05) is 55.6 Å². The van der Waals surface area contributed by atoms with Gasteiger partial charge in [-0.1, -0.05) is 35.1 Å². The Labute approximate surface area is 201 Å². The SMILES string of the molecule is CN(CCc1ccncc1)C(=O)C1CCN(c2nn3cc(-c4ccc(Cl)cc4)nc3s2)CC1. The fourth-order valence-corrected chi connectivity index (χ4v) is 5.22. The predicted molar refractivity (Wildman–Crippen MR) is 132 cm³/mol. The zero-order chi connectivity index (χ0) is 22.8. The Morgan fingerprint density at radius 1 is 1.15 bits per heavy atom. The number of piperidine rings is 1.